The summed E-state index contributed by atoms with van der Waals surface area (Å²) in [5, 5.41) is 3.83. The van der Waals surface area contributed by atoms with Crippen LogP contribution in [0.25, 0.3) is 11.1 Å². The Morgan fingerprint density at radius 2 is 2.10 bits per heavy atom. The van der Waals surface area contributed by atoms with Crippen molar-refractivity contribution in [3.63, 3.8) is 0 Å². The summed E-state index contributed by atoms with van der Waals surface area (Å²) < 4.78 is 19.4. The van der Waals surface area contributed by atoms with Crippen molar-refractivity contribution in [3.05, 3.63) is 34.8 Å². The number of rotatable bonds is 6. The van der Waals surface area contributed by atoms with Crippen LogP contribution < -0.4 is 5.73 Å². The summed E-state index contributed by atoms with van der Waals surface area (Å²) in [6.07, 6.45) is 5.11. The van der Waals surface area contributed by atoms with Crippen LogP contribution in [0.5, 0.6) is 0 Å². The first-order valence-electron chi connectivity index (χ1n) is 6.83. The fraction of sp³-hybridized carbons (Fsp3) is 0.400. The molecule has 0 radical (unpaired) electrons. The number of hydrogen-bond donors (Lipinski definition) is 1. The Morgan fingerprint density at radius 1 is 1.30 bits per heavy atom. The Morgan fingerprint density at radius 3 is 2.85 bits per heavy atom. The topological polar surface area (TPSA) is 52.0 Å². The van der Waals surface area contributed by atoms with Crippen LogP contribution >= 0.6 is 11.6 Å². The summed E-state index contributed by atoms with van der Waals surface area (Å²) in [5.41, 5.74) is 6.69. The Kier molecular flexibility index (Phi) is 5.01. The van der Waals surface area contributed by atoms with Gasteiger partial charge in [0.15, 0.2) is 5.82 Å². The van der Waals surface area contributed by atoms with Gasteiger partial charge in [-0.3, -0.25) is 0 Å². The number of nitrogen functional groups attached to an aromatic ring is 1. The standard InChI is InChI=1S/C15H18ClFN2O/c1-2-3-4-5-9-12-13(15(18)19-20-12)10-7-6-8-11(16)14(10)17/h6-8H,2-5,9H2,1H3,(H2,18,19). The Hall–Kier alpha value is -1.55. The molecule has 1 heterocycles. The first-order chi connectivity index (χ1) is 9.65. The summed E-state index contributed by atoms with van der Waals surface area (Å²) in [6.45, 7) is 2.15. The van der Waals surface area contributed by atoms with E-state index in [4.69, 9.17) is 21.9 Å². The maximum absolute atomic E-state index is 14.1. The van der Waals surface area contributed by atoms with Crippen molar-refractivity contribution >= 4 is 17.4 Å². The highest BCUT2D eigenvalue weighted by Crippen LogP contribution is 2.34. The van der Waals surface area contributed by atoms with Gasteiger partial charge in [0, 0.05) is 12.0 Å². The van der Waals surface area contributed by atoms with E-state index in [2.05, 4.69) is 12.1 Å². The average Bonchev–Trinajstić information content (AvgIpc) is 2.79. The van der Waals surface area contributed by atoms with Gasteiger partial charge in [-0.05, 0) is 12.5 Å². The highest BCUT2D eigenvalue weighted by Gasteiger charge is 2.19. The molecule has 0 spiro atoms. The lowest BCUT2D eigenvalue weighted by atomic mass is 10.0. The van der Waals surface area contributed by atoms with Gasteiger partial charge >= 0.3 is 0 Å². The van der Waals surface area contributed by atoms with Gasteiger partial charge in [0.05, 0.1) is 10.6 Å². The smallest absolute Gasteiger partial charge is 0.175 e. The van der Waals surface area contributed by atoms with E-state index in [9.17, 15) is 4.39 Å². The van der Waals surface area contributed by atoms with Crippen molar-refractivity contribution in [1.29, 1.82) is 0 Å². The van der Waals surface area contributed by atoms with Gasteiger partial charge in [0.1, 0.15) is 11.6 Å². The average molecular weight is 297 g/mol. The molecule has 0 aliphatic carbocycles. The van der Waals surface area contributed by atoms with Crippen molar-refractivity contribution in [2.45, 2.75) is 39.0 Å². The number of hydrogen-bond acceptors (Lipinski definition) is 3. The molecule has 1 aromatic heterocycles. The minimum atomic E-state index is -0.487. The molecule has 0 amide bonds. The predicted octanol–water partition coefficient (Wildman–Crippen LogP) is 4.84. The molecule has 0 bridgehead atoms. The molecule has 0 saturated heterocycles. The molecule has 0 atom stereocenters. The molecule has 2 rings (SSSR count). The maximum atomic E-state index is 14.1. The second-order valence-electron chi connectivity index (χ2n) is 4.78. The minimum Gasteiger partial charge on any atom is -0.380 e. The van der Waals surface area contributed by atoms with Gasteiger partial charge in [-0.1, -0.05) is 55.1 Å². The quantitative estimate of drug-likeness (QED) is 0.776. The predicted molar refractivity (Wildman–Crippen MR) is 79.2 cm³/mol. The molecule has 5 heteroatoms. The van der Waals surface area contributed by atoms with Crippen LogP contribution in [-0.4, -0.2) is 5.16 Å². The highest BCUT2D eigenvalue weighted by atomic mass is 35.5. The van der Waals surface area contributed by atoms with E-state index in [1.165, 1.54) is 12.5 Å². The van der Waals surface area contributed by atoms with Gasteiger partial charge in [0.25, 0.3) is 0 Å². The highest BCUT2D eigenvalue weighted by molar-refractivity contribution is 6.31. The van der Waals surface area contributed by atoms with Gasteiger partial charge in [-0.15, -0.1) is 0 Å². The number of anilines is 1. The van der Waals surface area contributed by atoms with Crippen molar-refractivity contribution in [3.8, 4) is 11.1 Å². The van der Waals surface area contributed by atoms with E-state index in [1.54, 1.807) is 12.1 Å². The van der Waals surface area contributed by atoms with Crippen LogP contribution in [-0.2, 0) is 6.42 Å². The second kappa shape index (κ2) is 6.75. The summed E-state index contributed by atoms with van der Waals surface area (Å²) >= 11 is 5.81. The van der Waals surface area contributed by atoms with E-state index in [1.807, 2.05) is 0 Å². The molecular formula is C15H18ClFN2O. The van der Waals surface area contributed by atoms with E-state index in [-0.39, 0.29) is 10.8 Å². The molecule has 108 valence electrons. The van der Waals surface area contributed by atoms with Crippen molar-refractivity contribution in [1.82, 2.24) is 5.16 Å². The summed E-state index contributed by atoms with van der Waals surface area (Å²) in [7, 11) is 0. The van der Waals surface area contributed by atoms with Crippen LogP contribution in [0.1, 0.15) is 38.4 Å². The van der Waals surface area contributed by atoms with Gasteiger partial charge in [-0.25, -0.2) is 4.39 Å². The largest absolute Gasteiger partial charge is 0.380 e. The molecule has 20 heavy (non-hydrogen) atoms. The molecule has 0 aliphatic heterocycles. The van der Waals surface area contributed by atoms with Crippen molar-refractivity contribution in [2.24, 2.45) is 0 Å². The van der Waals surface area contributed by atoms with Crippen LogP contribution in [0.15, 0.2) is 22.7 Å². The molecule has 2 N–H and O–H groups in total. The van der Waals surface area contributed by atoms with Gasteiger partial charge < -0.3 is 10.3 Å². The van der Waals surface area contributed by atoms with Gasteiger partial charge in [0.2, 0.25) is 0 Å². The van der Waals surface area contributed by atoms with Crippen LogP contribution in [0, 0.1) is 5.82 Å². The zero-order chi connectivity index (χ0) is 14.5. The summed E-state index contributed by atoms with van der Waals surface area (Å²) in [5.74, 6) is 0.343. The maximum Gasteiger partial charge on any atom is 0.175 e. The fourth-order valence-corrected chi connectivity index (χ4v) is 2.38. The Labute approximate surface area is 122 Å². The number of halogens is 2. The lowest BCUT2D eigenvalue weighted by Crippen LogP contribution is -1.94. The Balaban J connectivity index is 2.27. The molecule has 0 saturated carbocycles. The molecule has 2 aromatic rings. The summed E-state index contributed by atoms with van der Waals surface area (Å²) in [4.78, 5) is 0. The number of nitrogens with two attached hydrogens (primary N) is 1. The van der Waals surface area contributed by atoms with E-state index < -0.39 is 5.82 Å². The number of aromatic nitrogens is 1. The molecule has 0 aliphatic rings. The first kappa shape index (κ1) is 14.9. The monoisotopic (exact) mass is 296 g/mol. The molecule has 0 unspecified atom stereocenters. The lowest BCUT2D eigenvalue weighted by molar-refractivity contribution is 0.382. The van der Waals surface area contributed by atoms with Crippen LogP contribution in [0.2, 0.25) is 5.02 Å². The number of unbranched alkanes of at least 4 members (excludes halogenated alkanes) is 3. The third-order valence-corrected chi connectivity index (χ3v) is 3.56. The zero-order valence-electron chi connectivity index (χ0n) is 11.5. The normalized spacial score (nSPS) is 10.9. The number of aryl methyl sites for hydroxylation is 1. The third-order valence-electron chi connectivity index (χ3n) is 3.27. The van der Waals surface area contributed by atoms with E-state index >= 15 is 0 Å². The van der Waals surface area contributed by atoms with Crippen molar-refractivity contribution in [2.75, 3.05) is 5.73 Å². The molecule has 1 aromatic carbocycles. The second-order valence-corrected chi connectivity index (χ2v) is 5.19. The van der Waals surface area contributed by atoms with Crippen molar-refractivity contribution < 1.29 is 8.91 Å². The number of nitrogens with zero attached hydrogens (tertiary/aromatic N) is 1. The van der Waals surface area contributed by atoms with Gasteiger partial charge in [-0.2, -0.15) is 0 Å². The molecule has 0 fully saturated rings. The third kappa shape index (κ3) is 3.12. The summed E-state index contributed by atoms with van der Waals surface area (Å²) in [6, 6.07) is 4.83. The lowest BCUT2D eigenvalue weighted by Gasteiger charge is -2.05. The van der Waals surface area contributed by atoms with E-state index in [0.29, 0.717) is 23.3 Å². The fourth-order valence-electron chi connectivity index (χ4n) is 2.21. The van der Waals surface area contributed by atoms with Crippen LogP contribution in [0.3, 0.4) is 0 Å². The zero-order valence-corrected chi connectivity index (χ0v) is 12.2. The first-order valence-corrected chi connectivity index (χ1v) is 7.21. The Bertz CT molecular complexity index is 583. The SMILES string of the molecule is CCCCCCc1onc(N)c1-c1cccc(Cl)c1F. The minimum absolute atomic E-state index is 0.0695. The van der Waals surface area contributed by atoms with E-state index in [0.717, 1.165) is 19.3 Å². The molecular weight excluding hydrogens is 279 g/mol. The number of benzene rings is 1. The van der Waals surface area contributed by atoms with Crippen LogP contribution in [0.4, 0.5) is 10.2 Å². The molecule has 3 nitrogen and oxygen atoms in total.